The zero-order valence-electron chi connectivity index (χ0n) is 15.1. The Balaban J connectivity index is 1.72. The fraction of sp³-hybridized carbons (Fsp3) is 0.632. The Hall–Kier alpha value is -1.60. The van der Waals surface area contributed by atoms with Crippen LogP contribution < -0.4 is 0 Å². The molecule has 26 heavy (non-hydrogen) atoms. The lowest BCUT2D eigenvalue weighted by atomic mass is 10.0. The number of halogens is 3. The second kappa shape index (κ2) is 7.56. The van der Waals surface area contributed by atoms with Gasteiger partial charge in [0.25, 0.3) is 0 Å². The van der Waals surface area contributed by atoms with E-state index in [1.54, 1.807) is 11.0 Å². The van der Waals surface area contributed by atoms with Crippen LogP contribution in [0.25, 0.3) is 0 Å². The Labute approximate surface area is 151 Å². The molecule has 4 nitrogen and oxygen atoms in total. The topological polar surface area (TPSA) is 32.8 Å². The van der Waals surface area contributed by atoms with E-state index in [9.17, 15) is 18.0 Å². The predicted octanol–water partition coefficient (Wildman–Crippen LogP) is 3.48. The Kier molecular flexibility index (Phi) is 5.58. The normalized spacial score (nSPS) is 22.5. The number of amides is 1. The number of benzene rings is 1. The maximum atomic E-state index is 13.0. The largest absolute Gasteiger partial charge is 0.416 e. The van der Waals surface area contributed by atoms with E-state index in [4.69, 9.17) is 4.74 Å². The van der Waals surface area contributed by atoms with Crippen LogP contribution in [-0.2, 0) is 15.7 Å². The van der Waals surface area contributed by atoms with Crippen molar-refractivity contribution in [3.8, 4) is 0 Å². The third-order valence-electron chi connectivity index (χ3n) is 5.12. The highest BCUT2D eigenvalue weighted by atomic mass is 19.4. The number of hydrogen-bond acceptors (Lipinski definition) is 3. The molecule has 2 atom stereocenters. The van der Waals surface area contributed by atoms with Crippen LogP contribution in [0.5, 0.6) is 0 Å². The number of alkyl halides is 3. The van der Waals surface area contributed by atoms with Gasteiger partial charge in [-0.3, -0.25) is 9.69 Å². The number of ether oxygens (including phenoxy) is 1. The average Bonchev–Trinajstić information content (AvgIpc) is 3.43. The summed E-state index contributed by atoms with van der Waals surface area (Å²) in [6.07, 6.45) is -2.38. The fourth-order valence-electron chi connectivity index (χ4n) is 3.46. The van der Waals surface area contributed by atoms with Crippen molar-refractivity contribution in [3.05, 3.63) is 35.4 Å². The van der Waals surface area contributed by atoms with Crippen LogP contribution in [-0.4, -0.2) is 54.1 Å². The lowest BCUT2D eigenvalue weighted by Crippen LogP contribution is -2.49. The first kappa shape index (κ1) is 19.2. The van der Waals surface area contributed by atoms with Crippen LogP contribution in [0, 0.1) is 0 Å². The Bertz CT molecular complexity index is 646. The van der Waals surface area contributed by atoms with Gasteiger partial charge in [-0.2, -0.15) is 13.2 Å². The van der Waals surface area contributed by atoms with Crippen molar-refractivity contribution in [3.63, 3.8) is 0 Å². The molecule has 0 spiro atoms. The molecule has 0 N–H and O–H groups in total. The highest BCUT2D eigenvalue weighted by Gasteiger charge is 2.36. The SMILES string of the molecule is CC1CN(C(=O)CN(C2CC2)C(C)c2cccc(C(F)(F)F)c2)CCO1. The van der Waals surface area contributed by atoms with Gasteiger partial charge < -0.3 is 9.64 Å². The third kappa shape index (κ3) is 4.57. The molecule has 1 aliphatic heterocycles. The van der Waals surface area contributed by atoms with Gasteiger partial charge >= 0.3 is 6.18 Å². The third-order valence-corrected chi connectivity index (χ3v) is 5.12. The first-order chi connectivity index (χ1) is 12.3. The zero-order chi connectivity index (χ0) is 18.9. The van der Waals surface area contributed by atoms with E-state index < -0.39 is 11.7 Å². The van der Waals surface area contributed by atoms with Crippen LogP contribution in [0.1, 0.15) is 43.9 Å². The molecule has 0 aromatic heterocycles. The summed E-state index contributed by atoms with van der Waals surface area (Å²) >= 11 is 0. The van der Waals surface area contributed by atoms with Gasteiger partial charge in [0, 0.05) is 25.2 Å². The van der Waals surface area contributed by atoms with E-state index in [0.717, 1.165) is 18.9 Å². The summed E-state index contributed by atoms with van der Waals surface area (Å²) < 4.78 is 44.5. The molecule has 144 valence electrons. The first-order valence-electron chi connectivity index (χ1n) is 9.08. The molecule has 0 radical (unpaired) electrons. The van der Waals surface area contributed by atoms with Crippen LogP contribution in [0.4, 0.5) is 13.2 Å². The van der Waals surface area contributed by atoms with Gasteiger partial charge in [-0.05, 0) is 44.4 Å². The van der Waals surface area contributed by atoms with E-state index in [1.807, 2.05) is 18.7 Å². The summed E-state index contributed by atoms with van der Waals surface area (Å²) in [6, 6.07) is 5.44. The van der Waals surface area contributed by atoms with E-state index >= 15 is 0 Å². The molecule has 2 aliphatic rings. The quantitative estimate of drug-likeness (QED) is 0.796. The summed E-state index contributed by atoms with van der Waals surface area (Å²) in [5, 5.41) is 0. The molecule has 0 bridgehead atoms. The summed E-state index contributed by atoms with van der Waals surface area (Å²) in [6.45, 7) is 5.70. The fourth-order valence-corrected chi connectivity index (χ4v) is 3.46. The summed E-state index contributed by atoms with van der Waals surface area (Å²) in [7, 11) is 0. The van der Waals surface area contributed by atoms with Crippen molar-refractivity contribution in [1.29, 1.82) is 0 Å². The molecule has 1 amide bonds. The number of carbonyl (C=O) groups is 1. The molecule has 7 heteroatoms. The van der Waals surface area contributed by atoms with Gasteiger partial charge in [0.05, 0.1) is 24.8 Å². The maximum absolute atomic E-state index is 13.0. The standard InChI is InChI=1S/C19H25F3N2O2/c1-13-11-23(8-9-26-13)18(25)12-24(17-6-7-17)14(2)15-4-3-5-16(10-15)19(20,21)22/h3-5,10,13-14,17H,6-9,11-12H2,1-2H3. The Morgan fingerprint density at radius 3 is 2.73 bits per heavy atom. The minimum absolute atomic E-state index is 0.0166. The average molecular weight is 370 g/mol. The molecule has 1 saturated heterocycles. The zero-order valence-corrected chi connectivity index (χ0v) is 15.1. The van der Waals surface area contributed by atoms with Gasteiger partial charge in [-0.1, -0.05) is 12.1 Å². The number of rotatable bonds is 5. The molecule has 1 saturated carbocycles. The molecule has 3 rings (SSSR count). The summed E-state index contributed by atoms with van der Waals surface area (Å²) in [5.41, 5.74) is -0.0548. The molecule has 2 fully saturated rings. The van der Waals surface area contributed by atoms with Crippen molar-refractivity contribution in [2.45, 2.75) is 51.1 Å². The number of morpholine rings is 1. The van der Waals surface area contributed by atoms with Crippen LogP contribution in [0.2, 0.25) is 0 Å². The molecule has 1 aromatic carbocycles. The van der Waals surface area contributed by atoms with Crippen LogP contribution >= 0.6 is 0 Å². The van der Waals surface area contributed by atoms with Crippen molar-refractivity contribution in [2.24, 2.45) is 0 Å². The van der Waals surface area contributed by atoms with Crippen LogP contribution in [0.3, 0.4) is 0 Å². The minimum Gasteiger partial charge on any atom is -0.375 e. The molecule has 1 aliphatic carbocycles. The van der Waals surface area contributed by atoms with E-state index in [0.29, 0.717) is 25.3 Å². The van der Waals surface area contributed by atoms with Gasteiger partial charge in [-0.25, -0.2) is 0 Å². The van der Waals surface area contributed by atoms with Gasteiger partial charge in [0.2, 0.25) is 5.91 Å². The van der Waals surface area contributed by atoms with E-state index in [2.05, 4.69) is 0 Å². The summed E-state index contributed by atoms with van der Waals surface area (Å²) in [4.78, 5) is 16.5. The predicted molar refractivity (Wildman–Crippen MR) is 91.6 cm³/mol. The summed E-state index contributed by atoms with van der Waals surface area (Å²) in [5.74, 6) is 0.0193. The Morgan fingerprint density at radius 2 is 2.12 bits per heavy atom. The highest BCUT2D eigenvalue weighted by molar-refractivity contribution is 5.78. The Morgan fingerprint density at radius 1 is 1.38 bits per heavy atom. The highest BCUT2D eigenvalue weighted by Crippen LogP contribution is 2.36. The van der Waals surface area contributed by atoms with Crippen molar-refractivity contribution >= 4 is 5.91 Å². The minimum atomic E-state index is -4.36. The van der Waals surface area contributed by atoms with Gasteiger partial charge in [-0.15, -0.1) is 0 Å². The number of nitrogens with zero attached hydrogens (tertiary/aromatic N) is 2. The monoisotopic (exact) mass is 370 g/mol. The number of hydrogen-bond donors (Lipinski definition) is 0. The van der Waals surface area contributed by atoms with Gasteiger partial charge in [0.1, 0.15) is 0 Å². The second-order valence-corrected chi connectivity index (χ2v) is 7.22. The first-order valence-corrected chi connectivity index (χ1v) is 9.08. The van der Waals surface area contributed by atoms with Crippen molar-refractivity contribution in [1.82, 2.24) is 9.80 Å². The van der Waals surface area contributed by atoms with E-state index in [-0.39, 0.29) is 30.6 Å². The molecular weight excluding hydrogens is 345 g/mol. The molecule has 1 aromatic rings. The lowest BCUT2D eigenvalue weighted by Gasteiger charge is -2.35. The lowest BCUT2D eigenvalue weighted by molar-refractivity contribution is -0.140. The molecular formula is C19H25F3N2O2. The number of carbonyl (C=O) groups excluding carboxylic acids is 1. The van der Waals surface area contributed by atoms with Crippen molar-refractivity contribution < 1.29 is 22.7 Å². The second-order valence-electron chi connectivity index (χ2n) is 7.22. The maximum Gasteiger partial charge on any atom is 0.416 e. The van der Waals surface area contributed by atoms with Crippen LogP contribution in [0.15, 0.2) is 24.3 Å². The molecule has 1 heterocycles. The van der Waals surface area contributed by atoms with E-state index in [1.165, 1.54) is 12.1 Å². The smallest absolute Gasteiger partial charge is 0.375 e. The molecule has 2 unspecified atom stereocenters. The van der Waals surface area contributed by atoms with Gasteiger partial charge in [0.15, 0.2) is 0 Å². The van der Waals surface area contributed by atoms with Crippen molar-refractivity contribution in [2.75, 3.05) is 26.2 Å².